The number of anilines is 1. The summed E-state index contributed by atoms with van der Waals surface area (Å²) in [4.78, 5) is 13.6. The molecule has 1 aromatic rings. The molecular weight excluding hydrogens is 230 g/mol. The van der Waals surface area contributed by atoms with E-state index >= 15 is 0 Å². The molecule has 0 aliphatic carbocycles. The number of hydrogen-bond acceptors (Lipinski definition) is 2. The van der Waals surface area contributed by atoms with Crippen LogP contribution in [0.5, 0.6) is 0 Å². The predicted octanol–water partition coefficient (Wildman–Crippen LogP) is 2.47. The molecule has 1 aromatic carbocycles. The van der Waals surface area contributed by atoms with Crippen molar-refractivity contribution in [2.75, 3.05) is 18.5 Å². The second-order valence-corrected chi connectivity index (χ2v) is 4.09. The molecule has 0 atom stereocenters. The van der Waals surface area contributed by atoms with Crippen LogP contribution in [0.1, 0.15) is 16.8 Å². The molecule has 1 heterocycles. The van der Waals surface area contributed by atoms with Crippen LogP contribution in [0.15, 0.2) is 22.7 Å². The Bertz CT molecular complexity index is 362. The normalized spacial score (nSPS) is 15.8. The van der Waals surface area contributed by atoms with Crippen molar-refractivity contribution in [1.29, 1.82) is 0 Å². The van der Waals surface area contributed by atoms with E-state index in [1.54, 1.807) is 0 Å². The molecule has 2 nitrogen and oxygen atoms in total. The van der Waals surface area contributed by atoms with Crippen LogP contribution in [0.4, 0.5) is 5.69 Å². The van der Waals surface area contributed by atoms with Crippen molar-refractivity contribution in [2.45, 2.75) is 6.42 Å². The first-order chi connectivity index (χ1) is 6.20. The summed E-state index contributed by atoms with van der Waals surface area (Å²) < 4.78 is 1.00. The van der Waals surface area contributed by atoms with Gasteiger partial charge in [0.15, 0.2) is 5.78 Å². The molecule has 0 saturated heterocycles. The zero-order chi connectivity index (χ0) is 9.42. The van der Waals surface area contributed by atoms with Crippen molar-refractivity contribution < 1.29 is 4.79 Å². The van der Waals surface area contributed by atoms with Crippen molar-refractivity contribution in [2.24, 2.45) is 0 Å². The first-order valence-corrected chi connectivity index (χ1v) is 5.02. The van der Waals surface area contributed by atoms with E-state index in [4.69, 9.17) is 0 Å². The van der Waals surface area contributed by atoms with Gasteiger partial charge in [0.05, 0.1) is 5.69 Å². The number of hydrogen-bond donors (Lipinski definition) is 0. The Balaban J connectivity index is 2.63. The number of para-hydroxylation sites is 1. The molecule has 0 amide bonds. The molecule has 0 bridgehead atoms. The lowest BCUT2D eigenvalue weighted by atomic mass is 10.0. The molecule has 3 heteroatoms. The van der Waals surface area contributed by atoms with Crippen LogP contribution in [0.2, 0.25) is 0 Å². The van der Waals surface area contributed by atoms with Gasteiger partial charge in [0.25, 0.3) is 0 Å². The third kappa shape index (κ3) is 1.37. The Kier molecular flexibility index (Phi) is 2.12. The lowest BCUT2D eigenvalue weighted by molar-refractivity contribution is 0.0980. The summed E-state index contributed by atoms with van der Waals surface area (Å²) in [6, 6.07) is 5.76. The van der Waals surface area contributed by atoms with Gasteiger partial charge < -0.3 is 4.90 Å². The summed E-state index contributed by atoms with van der Waals surface area (Å²) in [5.41, 5.74) is 1.86. The monoisotopic (exact) mass is 239 g/mol. The first kappa shape index (κ1) is 8.75. The molecule has 0 fully saturated rings. The molecule has 1 aliphatic heterocycles. The highest BCUT2D eigenvalue weighted by atomic mass is 79.9. The van der Waals surface area contributed by atoms with Crippen molar-refractivity contribution in [3.8, 4) is 0 Å². The van der Waals surface area contributed by atoms with Crippen LogP contribution < -0.4 is 4.90 Å². The van der Waals surface area contributed by atoms with Gasteiger partial charge in [0.2, 0.25) is 0 Å². The van der Waals surface area contributed by atoms with Gasteiger partial charge in [-0.05, 0) is 28.1 Å². The quantitative estimate of drug-likeness (QED) is 0.694. The van der Waals surface area contributed by atoms with Crippen molar-refractivity contribution in [1.82, 2.24) is 0 Å². The minimum absolute atomic E-state index is 0.245. The summed E-state index contributed by atoms with van der Waals surface area (Å²) in [5.74, 6) is 0.245. The summed E-state index contributed by atoms with van der Waals surface area (Å²) in [7, 11) is 2.01. The second kappa shape index (κ2) is 3.14. The minimum Gasteiger partial charge on any atom is -0.373 e. The van der Waals surface area contributed by atoms with E-state index in [9.17, 15) is 4.79 Å². The summed E-state index contributed by atoms with van der Waals surface area (Å²) >= 11 is 3.46. The van der Waals surface area contributed by atoms with E-state index in [2.05, 4.69) is 20.8 Å². The number of fused-ring (bicyclic) bond motifs is 1. The van der Waals surface area contributed by atoms with Gasteiger partial charge in [-0.3, -0.25) is 4.79 Å². The predicted molar refractivity (Wildman–Crippen MR) is 56.4 cm³/mol. The number of Topliss-reactive ketones (excluding diaryl/α,β-unsaturated/α-hetero) is 1. The third-order valence-corrected chi connectivity index (χ3v) is 2.98. The summed E-state index contributed by atoms with van der Waals surface area (Å²) in [6.07, 6.45) is 0.625. The number of rotatable bonds is 0. The van der Waals surface area contributed by atoms with Gasteiger partial charge in [0, 0.05) is 30.0 Å². The molecular formula is C10H10BrNO. The van der Waals surface area contributed by atoms with Gasteiger partial charge in [-0.2, -0.15) is 0 Å². The lowest BCUT2D eigenvalue weighted by Crippen LogP contribution is -2.28. The van der Waals surface area contributed by atoms with Gasteiger partial charge in [0.1, 0.15) is 0 Å². The molecule has 13 heavy (non-hydrogen) atoms. The van der Waals surface area contributed by atoms with Gasteiger partial charge >= 0.3 is 0 Å². The van der Waals surface area contributed by atoms with Crippen LogP contribution >= 0.6 is 15.9 Å². The SMILES string of the molecule is CN1CCC(=O)c2cccc(Br)c21. The van der Waals surface area contributed by atoms with Gasteiger partial charge in [-0.1, -0.05) is 6.07 Å². The van der Waals surface area contributed by atoms with Crippen LogP contribution in [0.3, 0.4) is 0 Å². The number of carbonyl (C=O) groups is 1. The number of nitrogens with zero attached hydrogens (tertiary/aromatic N) is 1. The Morgan fingerprint density at radius 3 is 2.92 bits per heavy atom. The van der Waals surface area contributed by atoms with E-state index in [1.807, 2.05) is 25.2 Å². The molecule has 0 saturated carbocycles. The Morgan fingerprint density at radius 2 is 2.23 bits per heavy atom. The summed E-state index contributed by atoms with van der Waals surface area (Å²) in [6.45, 7) is 0.814. The molecule has 0 N–H and O–H groups in total. The van der Waals surface area contributed by atoms with Crippen molar-refractivity contribution >= 4 is 27.4 Å². The smallest absolute Gasteiger partial charge is 0.166 e. The summed E-state index contributed by atoms with van der Waals surface area (Å²) in [5, 5.41) is 0. The van der Waals surface area contributed by atoms with Crippen LogP contribution in [-0.2, 0) is 0 Å². The Labute approximate surface area is 85.7 Å². The van der Waals surface area contributed by atoms with E-state index in [-0.39, 0.29) is 5.78 Å². The number of benzene rings is 1. The number of halogens is 1. The van der Waals surface area contributed by atoms with E-state index in [1.165, 1.54) is 0 Å². The maximum absolute atomic E-state index is 11.5. The van der Waals surface area contributed by atoms with Crippen molar-refractivity contribution in [3.05, 3.63) is 28.2 Å². The Morgan fingerprint density at radius 1 is 1.46 bits per heavy atom. The van der Waals surface area contributed by atoms with E-state index < -0.39 is 0 Å². The first-order valence-electron chi connectivity index (χ1n) is 4.23. The average molecular weight is 240 g/mol. The molecule has 0 unspecified atom stereocenters. The topological polar surface area (TPSA) is 20.3 Å². The molecule has 0 radical (unpaired) electrons. The van der Waals surface area contributed by atoms with E-state index in [0.717, 1.165) is 22.3 Å². The fourth-order valence-corrected chi connectivity index (χ4v) is 2.31. The van der Waals surface area contributed by atoms with Crippen LogP contribution in [-0.4, -0.2) is 19.4 Å². The fraction of sp³-hybridized carbons (Fsp3) is 0.300. The average Bonchev–Trinajstić information content (AvgIpc) is 2.12. The molecule has 2 rings (SSSR count). The molecule has 0 aromatic heterocycles. The molecule has 68 valence electrons. The zero-order valence-electron chi connectivity index (χ0n) is 7.38. The highest BCUT2D eigenvalue weighted by Crippen LogP contribution is 2.33. The maximum Gasteiger partial charge on any atom is 0.166 e. The minimum atomic E-state index is 0.245. The second-order valence-electron chi connectivity index (χ2n) is 3.23. The highest BCUT2D eigenvalue weighted by molar-refractivity contribution is 9.10. The van der Waals surface area contributed by atoms with Crippen molar-refractivity contribution in [3.63, 3.8) is 0 Å². The standard InChI is InChI=1S/C10H10BrNO/c1-12-6-5-9(13)7-3-2-4-8(11)10(7)12/h2-4H,5-6H2,1H3. The third-order valence-electron chi connectivity index (χ3n) is 2.34. The van der Waals surface area contributed by atoms with Gasteiger partial charge in [-0.15, -0.1) is 0 Å². The Hall–Kier alpha value is -0.830. The highest BCUT2D eigenvalue weighted by Gasteiger charge is 2.21. The van der Waals surface area contributed by atoms with Crippen LogP contribution in [0, 0.1) is 0 Å². The van der Waals surface area contributed by atoms with E-state index in [0.29, 0.717) is 6.42 Å². The lowest BCUT2D eigenvalue weighted by Gasteiger charge is -2.27. The van der Waals surface area contributed by atoms with Crippen LogP contribution in [0.25, 0.3) is 0 Å². The zero-order valence-corrected chi connectivity index (χ0v) is 8.97. The maximum atomic E-state index is 11.5. The number of carbonyl (C=O) groups excluding carboxylic acids is 1. The largest absolute Gasteiger partial charge is 0.373 e. The fourth-order valence-electron chi connectivity index (χ4n) is 1.64. The number of ketones is 1. The molecule has 1 aliphatic rings. The van der Waals surface area contributed by atoms with Gasteiger partial charge in [-0.25, -0.2) is 0 Å². The molecule has 0 spiro atoms.